The zero-order chi connectivity index (χ0) is 28.2. The minimum absolute atomic E-state index is 0.0317. The van der Waals surface area contributed by atoms with Crippen molar-refractivity contribution in [2.75, 3.05) is 20.4 Å². The molecule has 12 heteroatoms. The van der Waals surface area contributed by atoms with E-state index in [1.165, 1.54) is 35.3 Å². The highest BCUT2D eigenvalue weighted by atomic mass is 32.2. The predicted molar refractivity (Wildman–Crippen MR) is 144 cm³/mol. The molecule has 1 aliphatic carbocycles. The van der Waals surface area contributed by atoms with Crippen molar-refractivity contribution in [1.29, 1.82) is 5.26 Å². The second-order valence-corrected chi connectivity index (χ2v) is 11.0. The molecular weight excluding hydrogens is 522 g/mol. The molecule has 1 aliphatic rings. The van der Waals surface area contributed by atoms with Gasteiger partial charge in [0.1, 0.15) is 35.4 Å². The monoisotopic (exact) mass is 551 g/mol. The van der Waals surface area contributed by atoms with Gasteiger partial charge in [0, 0.05) is 38.7 Å². The molecule has 4 rings (SSSR count). The molecule has 1 saturated carbocycles. The van der Waals surface area contributed by atoms with Gasteiger partial charge in [0.15, 0.2) is 0 Å². The number of carbonyl (C=O) groups is 2. The van der Waals surface area contributed by atoms with Gasteiger partial charge in [-0.15, -0.1) is 0 Å². The summed E-state index contributed by atoms with van der Waals surface area (Å²) in [5.41, 5.74) is 1.13. The third-order valence-corrected chi connectivity index (χ3v) is 8.53. The van der Waals surface area contributed by atoms with Crippen molar-refractivity contribution in [1.82, 2.24) is 19.2 Å². The number of nitrogens with one attached hydrogen (secondary N) is 1. The van der Waals surface area contributed by atoms with Crippen LogP contribution in [0.4, 0.5) is 0 Å². The molecule has 2 amide bonds. The van der Waals surface area contributed by atoms with Gasteiger partial charge in [-0.1, -0.05) is 19.1 Å². The normalized spacial score (nSPS) is 14.3. The van der Waals surface area contributed by atoms with Gasteiger partial charge in [-0.2, -0.15) is 5.26 Å². The van der Waals surface area contributed by atoms with Gasteiger partial charge in [-0.3, -0.25) is 14.4 Å². The fourth-order valence-electron chi connectivity index (χ4n) is 4.09. The van der Waals surface area contributed by atoms with Crippen LogP contribution in [-0.4, -0.2) is 55.1 Å². The first-order valence-corrected chi connectivity index (χ1v) is 13.5. The van der Waals surface area contributed by atoms with Gasteiger partial charge in [0.05, 0.1) is 16.4 Å². The van der Waals surface area contributed by atoms with E-state index in [0.717, 1.165) is 5.56 Å². The van der Waals surface area contributed by atoms with Crippen molar-refractivity contribution >= 4 is 33.7 Å². The largest absolute Gasteiger partial charge is 0.475 e. The van der Waals surface area contributed by atoms with Crippen LogP contribution in [-0.2, 0) is 34.1 Å². The number of amides is 2. The van der Waals surface area contributed by atoms with E-state index < -0.39 is 27.2 Å². The number of rotatable bonds is 11. The Morgan fingerprint density at radius 1 is 1.26 bits per heavy atom. The molecule has 2 aromatic heterocycles. The van der Waals surface area contributed by atoms with Gasteiger partial charge >= 0.3 is 0 Å². The summed E-state index contributed by atoms with van der Waals surface area (Å²) >= 11 is 0. The summed E-state index contributed by atoms with van der Waals surface area (Å²) in [5, 5.41) is 12.2. The maximum Gasteiger partial charge on any atom is 0.263 e. The van der Waals surface area contributed by atoms with Crippen molar-refractivity contribution < 1.29 is 23.3 Å². The number of benzene rings is 1. The molecule has 3 aromatic rings. The van der Waals surface area contributed by atoms with Crippen LogP contribution in [0.1, 0.15) is 47.7 Å². The number of fused-ring (bicyclic) bond motifs is 1. The summed E-state index contributed by atoms with van der Waals surface area (Å²) in [7, 11) is 1.30. The van der Waals surface area contributed by atoms with Crippen molar-refractivity contribution in [2.45, 2.75) is 37.5 Å². The number of aryl methyl sites for hydroxylation is 1. The average Bonchev–Trinajstić information content (AvgIpc) is 3.76. The van der Waals surface area contributed by atoms with E-state index in [1.807, 2.05) is 6.07 Å². The molecule has 39 heavy (non-hydrogen) atoms. The smallest absolute Gasteiger partial charge is 0.263 e. The number of hydrogen-bond donors (Lipinski definition) is 1. The number of ether oxygens (including phenoxy) is 2. The zero-order valence-corrected chi connectivity index (χ0v) is 22.7. The molecule has 2 heterocycles. The van der Waals surface area contributed by atoms with Gasteiger partial charge in [-0.05, 0) is 42.7 Å². The molecule has 0 bridgehead atoms. The molecule has 0 radical (unpaired) electrons. The van der Waals surface area contributed by atoms with Crippen LogP contribution in [0.25, 0.3) is 10.9 Å². The molecule has 1 N–H and O–H groups in total. The lowest BCUT2D eigenvalue weighted by Gasteiger charge is -2.25. The maximum atomic E-state index is 13.3. The van der Waals surface area contributed by atoms with E-state index in [-0.39, 0.29) is 43.7 Å². The highest BCUT2D eigenvalue weighted by Crippen LogP contribution is 2.43. The van der Waals surface area contributed by atoms with Crippen LogP contribution in [0.5, 0.6) is 5.88 Å². The van der Waals surface area contributed by atoms with Crippen LogP contribution in [0.3, 0.4) is 0 Å². The third kappa shape index (κ3) is 5.84. The summed E-state index contributed by atoms with van der Waals surface area (Å²) < 4.78 is 26.1. The fourth-order valence-corrected chi connectivity index (χ4v) is 5.69. The molecule has 0 spiro atoms. The highest BCUT2D eigenvalue weighted by Gasteiger charge is 2.53. The number of aromatic nitrogens is 2. The minimum Gasteiger partial charge on any atom is -0.475 e. The second-order valence-electron chi connectivity index (χ2n) is 9.23. The van der Waals surface area contributed by atoms with Crippen LogP contribution in [0.15, 0.2) is 47.4 Å². The van der Waals surface area contributed by atoms with Crippen molar-refractivity contribution in [2.24, 2.45) is 7.05 Å². The summed E-state index contributed by atoms with van der Waals surface area (Å²) in [6.45, 7) is 1.83. The van der Waals surface area contributed by atoms with Crippen molar-refractivity contribution in [3.63, 3.8) is 0 Å². The highest BCUT2D eigenvalue weighted by molar-refractivity contribution is 7.85. The summed E-state index contributed by atoms with van der Waals surface area (Å²) in [5.74, 6) is -0.649. The number of carbonyl (C=O) groups excluding carboxylic acids is 2. The van der Waals surface area contributed by atoms with E-state index >= 15 is 0 Å². The standard InChI is InChI=1S/C27H29N5O6S/c1-4-22(33)32(17-37-3)39(36)27(10-11-27)16-38-25-23-20(9-12-29-25)13-21(26(35)31(23)2)24(34)30-15-19-7-5-18(14-28)6-8-19/h5-9,12-13H,4,10-11,15-17H2,1-3H3,(H,30,34). The Labute approximate surface area is 227 Å². The van der Waals surface area contributed by atoms with Gasteiger partial charge < -0.3 is 19.4 Å². The lowest BCUT2D eigenvalue weighted by molar-refractivity contribution is -0.128. The lowest BCUT2D eigenvalue weighted by atomic mass is 10.1. The van der Waals surface area contributed by atoms with E-state index in [9.17, 15) is 18.6 Å². The molecule has 1 aromatic carbocycles. The Morgan fingerprint density at radius 3 is 2.59 bits per heavy atom. The van der Waals surface area contributed by atoms with E-state index in [0.29, 0.717) is 29.3 Å². The predicted octanol–water partition coefficient (Wildman–Crippen LogP) is 2.15. The zero-order valence-electron chi connectivity index (χ0n) is 21.9. The Balaban J connectivity index is 1.53. The molecule has 11 nitrogen and oxygen atoms in total. The molecule has 1 unspecified atom stereocenters. The second kappa shape index (κ2) is 11.8. The van der Waals surface area contributed by atoms with E-state index in [1.54, 1.807) is 37.3 Å². The first-order valence-electron chi connectivity index (χ1n) is 12.3. The Kier molecular flexibility index (Phi) is 8.42. The molecule has 1 fully saturated rings. The molecule has 0 saturated heterocycles. The quantitative estimate of drug-likeness (QED) is 0.357. The number of hydrogen-bond acceptors (Lipinski definition) is 8. The Morgan fingerprint density at radius 2 is 1.97 bits per heavy atom. The van der Waals surface area contributed by atoms with E-state index in [2.05, 4.69) is 10.3 Å². The molecule has 1 atom stereocenters. The first-order chi connectivity index (χ1) is 18.7. The summed E-state index contributed by atoms with van der Waals surface area (Å²) in [4.78, 5) is 42.6. The fraction of sp³-hybridized carbons (Fsp3) is 0.370. The number of pyridine rings is 2. The van der Waals surface area contributed by atoms with E-state index in [4.69, 9.17) is 14.7 Å². The Hall–Kier alpha value is -4.08. The molecular formula is C27H29N5O6S. The minimum atomic E-state index is -1.67. The third-order valence-electron chi connectivity index (χ3n) is 6.55. The molecule has 204 valence electrons. The van der Waals surface area contributed by atoms with Crippen molar-refractivity contribution in [3.8, 4) is 11.9 Å². The van der Waals surface area contributed by atoms with Crippen LogP contribution >= 0.6 is 0 Å². The van der Waals surface area contributed by atoms with Gasteiger partial charge in [0.2, 0.25) is 11.8 Å². The average molecular weight is 552 g/mol. The summed E-state index contributed by atoms with van der Waals surface area (Å²) in [6, 6.07) is 12.0. The van der Waals surface area contributed by atoms with Crippen molar-refractivity contribution in [3.05, 3.63) is 69.6 Å². The van der Waals surface area contributed by atoms with Crippen LogP contribution in [0.2, 0.25) is 0 Å². The maximum absolute atomic E-state index is 13.3. The number of nitriles is 1. The first kappa shape index (κ1) is 27.9. The number of nitrogens with zero attached hydrogens (tertiary/aromatic N) is 4. The van der Waals surface area contributed by atoms with Crippen LogP contribution in [0, 0.1) is 11.3 Å². The van der Waals surface area contributed by atoms with Gasteiger partial charge in [-0.25, -0.2) is 13.5 Å². The topological polar surface area (TPSA) is 144 Å². The van der Waals surface area contributed by atoms with Crippen LogP contribution < -0.4 is 15.6 Å². The SMILES string of the molecule is CCC(=O)N(COC)S(=O)C1(COc2nccc3cc(C(=O)NCc4ccc(C#N)cc4)c(=O)n(C)c23)CC1. The Bertz CT molecular complexity index is 1520. The summed E-state index contributed by atoms with van der Waals surface area (Å²) in [6.07, 6.45) is 2.91. The molecule has 0 aliphatic heterocycles. The number of methoxy groups -OCH3 is 1. The van der Waals surface area contributed by atoms with Gasteiger partial charge in [0.25, 0.3) is 11.5 Å². The lowest BCUT2D eigenvalue weighted by Crippen LogP contribution is -2.42.